The maximum Gasteiger partial charge on any atom is 0.236 e. The Kier molecular flexibility index (Phi) is 6.07. The van der Waals surface area contributed by atoms with Gasteiger partial charge < -0.3 is 19.7 Å². The Balaban J connectivity index is 1.64. The zero-order valence-electron chi connectivity index (χ0n) is 18.7. The number of nitrogens with zero attached hydrogens (tertiary/aromatic N) is 1. The number of anilines is 2. The van der Waals surface area contributed by atoms with Crippen molar-refractivity contribution in [2.75, 3.05) is 36.6 Å². The summed E-state index contributed by atoms with van der Waals surface area (Å²) in [6, 6.07) is 15.3. The summed E-state index contributed by atoms with van der Waals surface area (Å²) in [5.74, 6) is 0.502. The minimum absolute atomic E-state index is 0.0156. The molecule has 2 aromatic carbocycles. The lowest BCUT2D eigenvalue weighted by Gasteiger charge is -2.36. The van der Waals surface area contributed by atoms with E-state index in [1.807, 2.05) is 56.3 Å². The second kappa shape index (κ2) is 8.79. The van der Waals surface area contributed by atoms with Gasteiger partial charge in [-0.05, 0) is 44.4 Å². The van der Waals surface area contributed by atoms with E-state index < -0.39 is 10.8 Å². The van der Waals surface area contributed by atoms with E-state index >= 15 is 0 Å². The van der Waals surface area contributed by atoms with E-state index in [9.17, 15) is 9.59 Å². The smallest absolute Gasteiger partial charge is 0.236 e. The molecule has 168 valence electrons. The first kappa shape index (κ1) is 22.1. The normalized spacial score (nSPS) is 19.3. The number of rotatable bonds is 5. The zero-order valence-corrected chi connectivity index (χ0v) is 18.7. The lowest BCUT2D eigenvalue weighted by molar-refractivity contribution is -0.127. The number of amides is 2. The minimum Gasteiger partial charge on any atom is -0.490 e. The monoisotopic (exact) mass is 434 g/mol. The van der Waals surface area contributed by atoms with Crippen molar-refractivity contribution < 1.29 is 19.1 Å². The van der Waals surface area contributed by atoms with Gasteiger partial charge in [0.1, 0.15) is 12.4 Å². The molecule has 32 heavy (non-hydrogen) atoms. The van der Waals surface area contributed by atoms with Crippen LogP contribution >= 0.6 is 0 Å². The molecule has 0 saturated carbocycles. The molecule has 0 radical (unpaired) electrons. The van der Waals surface area contributed by atoms with E-state index in [2.05, 4.69) is 11.9 Å². The van der Waals surface area contributed by atoms with Crippen molar-refractivity contribution in [1.29, 1.82) is 0 Å². The van der Waals surface area contributed by atoms with Gasteiger partial charge in [0.25, 0.3) is 0 Å². The van der Waals surface area contributed by atoms with Crippen LogP contribution in [0, 0.1) is 5.41 Å². The van der Waals surface area contributed by atoms with Gasteiger partial charge in [-0.25, -0.2) is 0 Å². The highest BCUT2D eigenvalue weighted by molar-refractivity contribution is 6.02. The van der Waals surface area contributed by atoms with E-state index in [-0.39, 0.29) is 18.4 Å². The van der Waals surface area contributed by atoms with Crippen LogP contribution < -0.4 is 15.0 Å². The predicted octanol–water partition coefficient (Wildman–Crippen LogP) is 4.31. The molecule has 2 aromatic rings. The molecule has 0 aromatic heterocycles. The summed E-state index contributed by atoms with van der Waals surface area (Å²) in [6.07, 6.45) is 2.95. The highest BCUT2D eigenvalue weighted by Gasteiger charge is 2.42. The summed E-state index contributed by atoms with van der Waals surface area (Å²) in [7, 11) is 0. The van der Waals surface area contributed by atoms with Crippen molar-refractivity contribution in [3.63, 3.8) is 0 Å². The van der Waals surface area contributed by atoms with Gasteiger partial charge in [-0.15, -0.1) is 6.58 Å². The van der Waals surface area contributed by atoms with E-state index in [0.717, 1.165) is 5.56 Å². The Bertz CT molecular complexity index is 1010. The summed E-state index contributed by atoms with van der Waals surface area (Å²) < 4.78 is 11.6. The number of hydrogen-bond acceptors (Lipinski definition) is 4. The van der Waals surface area contributed by atoms with Gasteiger partial charge in [0.15, 0.2) is 0 Å². The molecule has 2 amide bonds. The molecule has 1 saturated heterocycles. The average Bonchev–Trinajstić information content (AvgIpc) is 2.90. The number of ether oxygens (including phenoxy) is 2. The topological polar surface area (TPSA) is 67.9 Å². The number of fused-ring (bicyclic) bond motifs is 1. The Hall–Kier alpha value is -3.12. The van der Waals surface area contributed by atoms with E-state index in [0.29, 0.717) is 49.7 Å². The quantitative estimate of drug-likeness (QED) is 0.712. The minimum atomic E-state index is -0.662. The van der Waals surface area contributed by atoms with Crippen molar-refractivity contribution in [2.24, 2.45) is 5.41 Å². The second-order valence-electron chi connectivity index (χ2n) is 9.07. The average molecular weight is 435 g/mol. The molecule has 1 N–H and O–H groups in total. The third kappa shape index (κ3) is 4.02. The summed E-state index contributed by atoms with van der Waals surface area (Å²) in [5, 5.41) is 3.10. The Labute approximate surface area is 189 Å². The van der Waals surface area contributed by atoms with Crippen molar-refractivity contribution in [3.8, 4) is 5.75 Å². The first-order valence-electron chi connectivity index (χ1n) is 11.0. The number of nitrogens with one attached hydrogen (secondary N) is 1. The largest absolute Gasteiger partial charge is 0.490 e. The van der Waals surface area contributed by atoms with E-state index in [1.165, 1.54) is 0 Å². The van der Waals surface area contributed by atoms with Crippen LogP contribution in [0.4, 0.5) is 11.4 Å². The van der Waals surface area contributed by atoms with Gasteiger partial charge >= 0.3 is 0 Å². The molecule has 4 rings (SSSR count). The van der Waals surface area contributed by atoms with Crippen LogP contribution in [-0.2, 0) is 19.7 Å². The number of carbonyl (C=O) groups is 2. The molecule has 0 aliphatic carbocycles. The van der Waals surface area contributed by atoms with Crippen LogP contribution in [0.5, 0.6) is 5.75 Å². The third-order valence-corrected chi connectivity index (χ3v) is 6.34. The predicted molar refractivity (Wildman–Crippen MR) is 125 cm³/mol. The van der Waals surface area contributed by atoms with Gasteiger partial charge in [0, 0.05) is 31.5 Å². The molecule has 0 atom stereocenters. The third-order valence-electron chi connectivity index (χ3n) is 6.34. The summed E-state index contributed by atoms with van der Waals surface area (Å²) in [4.78, 5) is 28.3. The fraction of sp³-hybridized carbons (Fsp3) is 0.385. The van der Waals surface area contributed by atoms with Crippen molar-refractivity contribution in [2.45, 2.75) is 32.1 Å². The van der Waals surface area contributed by atoms with Gasteiger partial charge in [-0.3, -0.25) is 9.59 Å². The molecule has 0 unspecified atom stereocenters. The van der Waals surface area contributed by atoms with Gasteiger partial charge in [-0.1, -0.05) is 36.4 Å². The highest BCUT2D eigenvalue weighted by Crippen LogP contribution is 2.40. The van der Waals surface area contributed by atoms with Crippen LogP contribution in [0.25, 0.3) is 0 Å². The molecule has 6 heteroatoms. The van der Waals surface area contributed by atoms with Crippen LogP contribution in [-0.4, -0.2) is 38.2 Å². The summed E-state index contributed by atoms with van der Waals surface area (Å²) >= 11 is 0. The Morgan fingerprint density at radius 2 is 1.88 bits per heavy atom. The van der Waals surface area contributed by atoms with Gasteiger partial charge in [-0.2, -0.15) is 0 Å². The van der Waals surface area contributed by atoms with Gasteiger partial charge in [0.2, 0.25) is 11.8 Å². The van der Waals surface area contributed by atoms with Crippen molar-refractivity contribution >= 4 is 23.2 Å². The second-order valence-corrected chi connectivity index (χ2v) is 9.07. The maximum atomic E-state index is 13.6. The van der Waals surface area contributed by atoms with Crippen LogP contribution in [0.2, 0.25) is 0 Å². The Morgan fingerprint density at radius 3 is 2.56 bits per heavy atom. The standard InChI is InChI=1S/C26H30N2O4/c1-4-14-28-21-11-10-20(17-22(21)32-18-25(2,3)24(28)30)27-23(29)26(12-15-31-16-13-26)19-8-6-5-7-9-19/h4-11,17H,1,12-16,18H2,2-3H3,(H,27,29). The fourth-order valence-corrected chi connectivity index (χ4v) is 4.41. The van der Waals surface area contributed by atoms with Gasteiger partial charge in [0.05, 0.1) is 16.5 Å². The number of benzene rings is 2. The first-order chi connectivity index (χ1) is 15.4. The van der Waals surface area contributed by atoms with Crippen LogP contribution in [0.1, 0.15) is 32.3 Å². The number of hydrogen-bond donors (Lipinski definition) is 1. The molecule has 2 heterocycles. The molecule has 0 bridgehead atoms. The molecular formula is C26H30N2O4. The van der Waals surface area contributed by atoms with Crippen LogP contribution in [0.15, 0.2) is 61.2 Å². The van der Waals surface area contributed by atoms with Crippen LogP contribution in [0.3, 0.4) is 0 Å². The highest BCUT2D eigenvalue weighted by atomic mass is 16.5. The molecule has 2 aliphatic heterocycles. The van der Waals surface area contributed by atoms with Crippen molar-refractivity contribution in [3.05, 3.63) is 66.7 Å². The zero-order chi connectivity index (χ0) is 22.8. The van der Waals surface area contributed by atoms with Crippen molar-refractivity contribution in [1.82, 2.24) is 0 Å². The maximum absolute atomic E-state index is 13.6. The summed E-state index contributed by atoms with van der Waals surface area (Å²) in [6.45, 7) is 9.26. The lowest BCUT2D eigenvalue weighted by Crippen LogP contribution is -2.44. The molecular weight excluding hydrogens is 404 g/mol. The van der Waals surface area contributed by atoms with E-state index in [1.54, 1.807) is 17.0 Å². The SMILES string of the molecule is C=CCN1C(=O)C(C)(C)COc2cc(NC(=O)C3(c4ccccc4)CCOCC3)ccc21. The molecule has 6 nitrogen and oxygen atoms in total. The summed E-state index contributed by atoms with van der Waals surface area (Å²) in [5.41, 5.74) is 1.02. The Morgan fingerprint density at radius 1 is 1.16 bits per heavy atom. The molecule has 0 spiro atoms. The lowest BCUT2D eigenvalue weighted by atomic mass is 9.73. The number of carbonyl (C=O) groups excluding carboxylic acids is 2. The molecule has 2 aliphatic rings. The molecule has 1 fully saturated rings. The van der Waals surface area contributed by atoms with E-state index in [4.69, 9.17) is 9.47 Å². The fourth-order valence-electron chi connectivity index (χ4n) is 4.41. The first-order valence-corrected chi connectivity index (χ1v) is 11.0.